The van der Waals surface area contributed by atoms with Gasteiger partial charge in [0, 0.05) is 17.4 Å². The van der Waals surface area contributed by atoms with E-state index in [2.05, 4.69) is 21.2 Å². The lowest BCUT2D eigenvalue weighted by Gasteiger charge is -2.28. The smallest absolute Gasteiger partial charge is 0.328 e. The van der Waals surface area contributed by atoms with E-state index in [1.54, 1.807) is 0 Å². The lowest BCUT2D eigenvalue weighted by Crippen LogP contribution is -2.49. The Labute approximate surface area is 120 Å². The summed E-state index contributed by atoms with van der Waals surface area (Å²) in [6.45, 7) is 4.20. The van der Waals surface area contributed by atoms with Crippen LogP contribution in [0.15, 0.2) is 22.7 Å². The van der Waals surface area contributed by atoms with Crippen LogP contribution in [0.5, 0.6) is 5.75 Å². The Morgan fingerprint density at radius 1 is 1.37 bits per heavy atom. The van der Waals surface area contributed by atoms with Gasteiger partial charge >= 0.3 is 6.03 Å². The highest BCUT2D eigenvalue weighted by Crippen LogP contribution is 2.33. The Hall–Kier alpha value is -1.56. The van der Waals surface area contributed by atoms with Gasteiger partial charge in [0.15, 0.2) is 0 Å². The van der Waals surface area contributed by atoms with E-state index in [-0.39, 0.29) is 12.0 Å². The molecule has 1 aromatic carbocycles. The maximum Gasteiger partial charge on any atom is 0.328 e. The molecule has 1 aromatic rings. The number of halogens is 1. The zero-order chi connectivity index (χ0) is 14.0. The van der Waals surface area contributed by atoms with E-state index in [4.69, 9.17) is 4.74 Å². The molecule has 0 saturated carbocycles. The number of carbonyl (C=O) groups excluding carboxylic acids is 2. The van der Waals surface area contributed by atoms with Gasteiger partial charge in [-0.1, -0.05) is 15.9 Å². The van der Waals surface area contributed by atoms with E-state index in [1.807, 2.05) is 32.0 Å². The normalized spacial score (nSPS) is 15.7. The lowest BCUT2D eigenvalue weighted by molar-refractivity contribution is -0.120. The number of carbonyl (C=O) groups is 2. The van der Waals surface area contributed by atoms with E-state index in [9.17, 15) is 9.59 Å². The molecule has 1 saturated heterocycles. The number of benzene rings is 1. The highest BCUT2D eigenvalue weighted by molar-refractivity contribution is 9.10. The minimum Gasteiger partial charge on any atom is -0.489 e. The van der Waals surface area contributed by atoms with Crippen molar-refractivity contribution in [3.8, 4) is 5.75 Å². The van der Waals surface area contributed by atoms with Crippen molar-refractivity contribution in [3.63, 3.8) is 0 Å². The predicted molar refractivity (Wildman–Crippen MR) is 75.4 cm³/mol. The molecule has 0 bridgehead atoms. The Morgan fingerprint density at radius 3 is 2.74 bits per heavy atom. The summed E-state index contributed by atoms with van der Waals surface area (Å²) in [6.07, 6.45) is 0.300. The second-order valence-corrected chi connectivity index (χ2v) is 5.45. The van der Waals surface area contributed by atoms with Gasteiger partial charge in [-0.05, 0) is 32.0 Å². The summed E-state index contributed by atoms with van der Waals surface area (Å²) in [4.78, 5) is 24.6. The highest BCUT2D eigenvalue weighted by atomic mass is 79.9. The molecule has 102 valence electrons. The first-order valence-corrected chi connectivity index (χ1v) is 6.84. The summed E-state index contributed by atoms with van der Waals surface area (Å²) < 4.78 is 6.55. The standard InChI is InChI=1S/C13H15BrN2O3/c1-8(2)19-11-4-3-9(14)7-10(11)16-6-5-12(17)15-13(16)18/h3-4,7-8H,5-6H2,1-2H3,(H,15,17,18). The molecule has 3 amide bonds. The number of amides is 3. The molecule has 1 N–H and O–H groups in total. The average molecular weight is 327 g/mol. The zero-order valence-corrected chi connectivity index (χ0v) is 12.4. The van der Waals surface area contributed by atoms with Crippen LogP contribution in [0.3, 0.4) is 0 Å². The Bertz CT molecular complexity index is 517. The van der Waals surface area contributed by atoms with Crippen molar-refractivity contribution in [2.75, 3.05) is 11.4 Å². The molecule has 1 heterocycles. The van der Waals surface area contributed by atoms with Crippen LogP contribution >= 0.6 is 15.9 Å². The first kappa shape index (κ1) is 13.9. The molecular formula is C13H15BrN2O3. The number of anilines is 1. The van der Waals surface area contributed by atoms with Crippen LogP contribution in [-0.4, -0.2) is 24.6 Å². The van der Waals surface area contributed by atoms with Crippen molar-refractivity contribution < 1.29 is 14.3 Å². The zero-order valence-electron chi connectivity index (χ0n) is 10.8. The molecular weight excluding hydrogens is 312 g/mol. The second-order valence-electron chi connectivity index (χ2n) is 4.53. The molecule has 0 atom stereocenters. The van der Waals surface area contributed by atoms with Crippen LogP contribution in [-0.2, 0) is 4.79 Å². The van der Waals surface area contributed by atoms with E-state index in [0.717, 1.165) is 4.47 Å². The molecule has 1 fully saturated rings. The number of imide groups is 1. The van der Waals surface area contributed by atoms with Gasteiger partial charge in [0.2, 0.25) is 5.91 Å². The van der Waals surface area contributed by atoms with Gasteiger partial charge in [-0.15, -0.1) is 0 Å². The van der Waals surface area contributed by atoms with Crippen molar-refractivity contribution in [1.29, 1.82) is 0 Å². The molecule has 6 heteroatoms. The molecule has 0 aliphatic carbocycles. The van der Waals surface area contributed by atoms with Crippen molar-refractivity contribution in [1.82, 2.24) is 5.32 Å². The van der Waals surface area contributed by atoms with Crippen LogP contribution in [0.1, 0.15) is 20.3 Å². The second kappa shape index (κ2) is 5.61. The average Bonchev–Trinajstić information content (AvgIpc) is 2.31. The fourth-order valence-corrected chi connectivity index (χ4v) is 2.20. The van der Waals surface area contributed by atoms with Gasteiger partial charge in [-0.25, -0.2) is 4.79 Å². The third-order valence-corrected chi connectivity index (χ3v) is 3.12. The quantitative estimate of drug-likeness (QED) is 0.929. The number of hydrogen-bond acceptors (Lipinski definition) is 3. The predicted octanol–water partition coefficient (Wildman–Crippen LogP) is 2.68. The van der Waals surface area contributed by atoms with Gasteiger partial charge in [-0.3, -0.25) is 15.0 Å². The molecule has 0 aromatic heterocycles. The number of nitrogens with zero attached hydrogens (tertiary/aromatic N) is 1. The number of rotatable bonds is 3. The lowest BCUT2D eigenvalue weighted by atomic mass is 10.2. The van der Waals surface area contributed by atoms with Gasteiger partial charge in [0.1, 0.15) is 5.75 Å². The first-order chi connectivity index (χ1) is 8.97. The van der Waals surface area contributed by atoms with Crippen molar-refractivity contribution in [3.05, 3.63) is 22.7 Å². The van der Waals surface area contributed by atoms with Crippen molar-refractivity contribution in [2.45, 2.75) is 26.4 Å². The van der Waals surface area contributed by atoms with Gasteiger partial charge in [-0.2, -0.15) is 0 Å². The van der Waals surface area contributed by atoms with Crippen LogP contribution in [0.4, 0.5) is 10.5 Å². The van der Waals surface area contributed by atoms with Crippen LogP contribution in [0.25, 0.3) is 0 Å². The number of hydrogen-bond donors (Lipinski definition) is 1. The molecule has 19 heavy (non-hydrogen) atoms. The third-order valence-electron chi connectivity index (χ3n) is 2.63. The van der Waals surface area contributed by atoms with E-state index in [0.29, 0.717) is 24.4 Å². The molecule has 0 unspecified atom stereocenters. The monoisotopic (exact) mass is 326 g/mol. The van der Waals surface area contributed by atoms with Gasteiger partial charge < -0.3 is 4.74 Å². The fraction of sp³-hybridized carbons (Fsp3) is 0.385. The first-order valence-electron chi connectivity index (χ1n) is 6.05. The topological polar surface area (TPSA) is 58.6 Å². The molecule has 0 radical (unpaired) electrons. The van der Waals surface area contributed by atoms with Crippen LogP contribution in [0.2, 0.25) is 0 Å². The number of urea groups is 1. The summed E-state index contributed by atoms with van der Waals surface area (Å²) >= 11 is 3.38. The minimum atomic E-state index is -0.414. The van der Waals surface area contributed by atoms with Crippen molar-refractivity contribution in [2.24, 2.45) is 0 Å². The van der Waals surface area contributed by atoms with E-state index < -0.39 is 6.03 Å². The van der Waals surface area contributed by atoms with Crippen LogP contribution < -0.4 is 15.0 Å². The maximum atomic E-state index is 11.9. The maximum absolute atomic E-state index is 11.9. The largest absolute Gasteiger partial charge is 0.489 e. The molecule has 5 nitrogen and oxygen atoms in total. The van der Waals surface area contributed by atoms with Gasteiger partial charge in [0.05, 0.1) is 11.8 Å². The molecule has 1 aliphatic rings. The summed E-state index contributed by atoms with van der Waals surface area (Å²) in [6, 6.07) is 5.06. The third kappa shape index (κ3) is 3.26. The Balaban J connectivity index is 2.34. The van der Waals surface area contributed by atoms with Crippen molar-refractivity contribution >= 4 is 33.6 Å². The van der Waals surface area contributed by atoms with Gasteiger partial charge in [0.25, 0.3) is 0 Å². The summed E-state index contributed by atoms with van der Waals surface area (Å²) in [5, 5.41) is 2.31. The summed E-state index contributed by atoms with van der Waals surface area (Å²) in [5.74, 6) is 0.380. The minimum absolute atomic E-state index is 0.00871. The Morgan fingerprint density at radius 2 is 2.11 bits per heavy atom. The van der Waals surface area contributed by atoms with E-state index in [1.165, 1.54) is 4.90 Å². The Kier molecular flexibility index (Phi) is 4.09. The molecule has 1 aliphatic heterocycles. The van der Waals surface area contributed by atoms with Crippen LogP contribution in [0, 0.1) is 0 Å². The molecule has 0 spiro atoms. The number of ether oxygens (including phenoxy) is 1. The SMILES string of the molecule is CC(C)Oc1ccc(Br)cc1N1CCC(=O)NC1=O. The van der Waals surface area contributed by atoms with E-state index >= 15 is 0 Å². The number of nitrogens with one attached hydrogen (secondary N) is 1. The summed E-state index contributed by atoms with van der Waals surface area (Å²) in [5.41, 5.74) is 0.660. The molecule has 2 rings (SSSR count). The summed E-state index contributed by atoms with van der Waals surface area (Å²) in [7, 11) is 0. The highest BCUT2D eigenvalue weighted by Gasteiger charge is 2.26. The fourth-order valence-electron chi connectivity index (χ4n) is 1.85.